The van der Waals surface area contributed by atoms with Crippen molar-refractivity contribution in [1.29, 1.82) is 5.26 Å². The van der Waals surface area contributed by atoms with Crippen LogP contribution in [0.1, 0.15) is 47.1 Å². The quantitative estimate of drug-likeness (QED) is 0.637. The van der Waals surface area contributed by atoms with E-state index in [9.17, 15) is 10.1 Å². The van der Waals surface area contributed by atoms with Gasteiger partial charge in [-0.3, -0.25) is 4.79 Å². The standard InChI is InChI=1S/C18H19N3O/c1-12(2)16-7-5-15(6-8-16)10-17(11-19)18(22)21-14(4)9-13(3)20-21/h5-10,12H,1-4H3/b17-10+. The van der Waals surface area contributed by atoms with Crippen LogP contribution < -0.4 is 0 Å². The second-order valence-corrected chi connectivity index (χ2v) is 5.64. The lowest BCUT2D eigenvalue weighted by atomic mass is 10.0. The Labute approximate surface area is 130 Å². The molecule has 0 bridgehead atoms. The van der Waals surface area contributed by atoms with E-state index in [1.165, 1.54) is 10.2 Å². The van der Waals surface area contributed by atoms with Crippen molar-refractivity contribution in [2.24, 2.45) is 0 Å². The number of nitrogens with zero attached hydrogens (tertiary/aromatic N) is 3. The molecule has 0 radical (unpaired) electrons. The number of hydrogen-bond acceptors (Lipinski definition) is 3. The first-order valence-corrected chi connectivity index (χ1v) is 7.22. The number of carbonyl (C=O) groups is 1. The molecule has 0 saturated heterocycles. The molecule has 0 aliphatic rings. The van der Waals surface area contributed by atoms with Crippen LogP contribution in [0.25, 0.3) is 6.08 Å². The maximum absolute atomic E-state index is 12.4. The van der Waals surface area contributed by atoms with Gasteiger partial charge in [0.25, 0.3) is 5.91 Å². The molecular weight excluding hydrogens is 274 g/mol. The van der Waals surface area contributed by atoms with Gasteiger partial charge >= 0.3 is 0 Å². The molecule has 2 rings (SSSR count). The van der Waals surface area contributed by atoms with Crippen LogP contribution in [0.4, 0.5) is 0 Å². The van der Waals surface area contributed by atoms with E-state index in [1.54, 1.807) is 13.0 Å². The fraction of sp³-hybridized carbons (Fsp3) is 0.278. The molecule has 0 aliphatic carbocycles. The Hall–Kier alpha value is -2.67. The zero-order valence-corrected chi connectivity index (χ0v) is 13.3. The van der Waals surface area contributed by atoms with E-state index in [0.29, 0.717) is 5.92 Å². The average molecular weight is 293 g/mol. The van der Waals surface area contributed by atoms with E-state index >= 15 is 0 Å². The summed E-state index contributed by atoms with van der Waals surface area (Å²) in [5.74, 6) is 0.0471. The van der Waals surface area contributed by atoms with Gasteiger partial charge in [0.05, 0.1) is 5.69 Å². The summed E-state index contributed by atoms with van der Waals surface area (Å²) in [7, 11) is 0. The number of benzene rings is 1. The van der Waals surface area contributed by atoms with Gasteiger partial charge in [-0.2, -0.15) is 10.4 Å². The fourth-order valence-corrected chi connectivity index (χ4v) is 2.23. The Morgan fingerprint density at radius 3 is 2.36 bits per heavy atom. The Morgan fingerprint density at radius 2 is 1.91 bits per heavy atom. The number of nitriles is 1. The van der Waals surface area contributed by atoms with Crippen molar-refractivity contribution in [3.8, 4) is 6.07 Å². The summed E-state index contributed by atoms with van der Waals surface area (Å²) in [5, 5.41) is 13.4. The lowest BCUT2D eigenvalue weighted by molar-refractivity contribution is 0.0944. The zero-order chi connectivity index (χ0) is 16.3. The Bertz CT molecular complexity index is 759. The summed E-state index contributed by atoms with van der Waals surface area (Å²) >= 11 is 0. The minimum Gasteiger partial charge on any atom is -0.266 e. The molecule has 0 unspecified atom stereocenters. The van der Waals surface area contributed by atoms with Crippen LogP contribution in [-0.4, -0.2) is 15.7 Å². The number of aromatic nitrogens is 2. The maximum atomic E-state index is 12.4. The van der Waals surface area contributed by atoms with Gasteiger partial charge in [-0.15, -0.1) is 0 Å². The van der Waals surface area contributed by atoms with Gasteiger partial charge < -0.3 is 0 Å². The van der Waals surface area contributed by atoms with E-state index in [1.807, 2.05) is 43.3 Å². The summed E-state index contributed by atoms with van der Waals surface area (Å²) in [6.45, 7) is 7.86. The molecule has 112 valence electrons. The molecule has 1 aromatic heterocycles. The van der Waals surface area contributed by atoms with E-state index in [-0.39, 0.29) is 5.57 Å². The number of rotatable bonds is 3. The first-order chi connectivity index (χ1) is 10.4. The minimum absolute atomic E-state index is 0.0727. The summed E-state index contributed by atoms with van der Waals surface area (Å²) in [4.78, 5) is 12.4. The highest BCUT2D eigenvalue weighted by Crippen LogP contribution is 2.17. The Kier molecular flexibility index (Phi) is 4.57. The molecule has 0 aliphatic heterocycles. The van der Waals surface area contributed by atoms with Gasteiger partial charge in [0, 0.05) is 5.69 Å². The number of carbonyl (C=O) groups excluding carboxylic acids is 1. The molecule has 4 heteroatoms. The Morgan fingerprint density at radius 1 is 1.27 bits per heavy atom. The zero-order valence-electron chi connectivity index (χ0n) is 13.3. The lowest BCUT2D eigenvalue weighted by Gasteiger charge is -2.05. The molecule has 0 fully saturated rings. The van der Waals surface area contributed by atoms with E-state index in [4.69, 9.17) is 0 Å². The molecule has 22 heavy (non-hydrogen) atoms. The van der Waals surface area contributed by atoms with Crippen LogP contribution in [0.3, 0.4) is 0 Å². The smallest absolute Gasteiger partial charge is 0.266 e. The van der Waals surface area contributed by atoms with Gasteiger partial charge in [-0.25, -0.2) is 4.68 Å². The van der Waals surface area contributed by atoms with Crippen LogP contribution in [0.5, 0.6) is 0 Å². The van der Waals surface area contributed by atoms with Crippen LogP contribution >= 0.6 is 0 Å². The highest BCUT2D eigenvalue weighted by atomic mass is 16.2. The Balaban J connectivity index is 2.33. The molecule has 0 amide bonds. The van der Waals surface area contributed by atoms with Crippen LogP contribution in [0.15, 0.2) is 35.9 Å². The van der Waals surface area contributed by atoms with E-state index in [0.717, 1.165) is 17.0 Å². The average Bonchev–Trinajstić information content (AvgIpc) is 2.83. The third-order valence-corrected chi connectivity index (χ3v) is 3.47. The normalized spacial score (nSPS) is 11.5. The number of hydrogen-bond donors (Lipinski definition) is 0. The first kappa shape index (κ1) is 15.7. The highest BCUT2D eigenvalue weighted by Gasteiger charge is 2.15. The summed E-state index contributed by atoms with van der Waals surface area (Å²) in [6, 6.07) is 11.6. The predicted molar refractivity (Wildman–Crippen MR) is 86.4 cm³/mol. The molecular formula is C18H19N3O. The molecule has 0 saturated carbocycles. The van der Waals surface area contributed by atoms with Crippen molar-refractivity contribution >= 4 is 12.0 Å². The lowest BCUT2D eigenvalue weighted by Crippen LogP contribution is -2.15. The van der Waals surface area contributed by atoms with Crippen molar-refractivity contribution in [1.82, 2.24) is 9.78 Å². The van der Waals surface area contributed by atoms with Crippen molar-refractivity contribution in [3.63, 3.8) is 0 Å². The molecule has 0 N–H and O–H groups in total. The van der Waals surface area contributed by atoms with Gasteiger partial charge in [-0.1, -0.05) is 38.1 Å². The van der Waals surface area contributed by atoms with Crippen molar-refractivity contribution in [2.75, 3.05) is 0 Å². The second-order valence-electron chi connectivity index (χ2n) is 5.64. The summed E-state index contributed by atoms with van der Waals surface area (Å²) in [5.41, 5.74) is 3.60. The third-order valence-electron chi connectivity index (χ3n) is 3.47. The van der Waals surface area contributed by atoms with Crippen molar-refractivity contribution < 1.29 is 4.79 Å². The molecule has 1 heterocycles. The number of aryl methyl sites for hydroxylation is 2. The molecule has 1 aromatic carbocycles. The van der Waals surface area contributed by atoms with Gasteiger partial charge in [0.1, 0.15) is 11.6 Å². The summed E-state index contributed by atoms with van der Waals surface area (Å²) in [6.07, 6.45) is 1.60. The van der Waals surface area contributed by atoms with Crippen molar-refractivity contribution in [2.45, 2.75) is 33.6 Å². The topological polar surface area (TPSA) is 58.7 Å². The fourth-order valence-electron chi connectivity index (χ4n) is 2.23. The largest absolute Gasteiger partial charge is 0.289 e. The highest BCUT2D eigenvalue weighted by molar-refractivity contribution is 6.03. The van der Waals surface area contributed by atoms with Crippen LogP contribution in [0.2, 0.25) is 0 Å². The predicted octanol–water partition coefficient (Wildman–Crippen LogP) is 3.87. The summed E-state index contributed by atoms with van der Waals surface area (Å²) < 4.78 is 1.27. The molecule has 4 nitrogen and oxygen atoms in total. The van der Waals surface area contributed by atoms with Gasteiger partial charge in [0.15, 0.2) is 0 Å². The molecule has 2 aromatic rings. The maximum Gasteiger partial charge on any atom is 0.289 e. The van der Waals surface area contributed by atoms with E-state index in [2.05, 4.69) is 18.9 Å². The monoisotopic (exact) mass is 293 g/mol. The second kappa shape index (κ2) is 6.40. The number of allylic oxidation sites excluding steroid dienone is 1. The molecule has 0 spiro atoms. The van der Waals surface area contributed by atoms with Crippen LogP contribution in [0, 0.1) is 25.2 Å². The minimum atomic E-state index is -0.402. The molecule has 0 atom stereocenters. The first-order valence-electron chi connectivity index (χ1n) is 7.22. The van der Waals surface area contributed by atoms with Gasteiger partial charge in [0.2, 0.25) is 0 Å². The van der Waals surface area contributed by atoms with Crippen molar-refractivity contribution in [3.05, 3.63) is 58.4 Å². The van der Waals surface area contributed by atoms with Crippen LogP contribution in [-0.2, 0) is 0 Å². The third kappa shape index (κ3) is 3.32. The van der Waals surface area contributed by atoms with Gasteiger partial charge in [-0.05, 0) is 43.0 Å². The van der Waals surface area contributed by atoms with E-state index < -0.39 is 5.91 Å². The SMILES string of the molecule is Cc1cc(C)n(C(=O)/C(C#N)=C/c2ccc(C(C)C)cc2)n1.